The molecule has 27 heavy (non-hydrogen) atoms. The van der Waals surface area contributed by atoms with E-state index in [0.29, 0.717) is 38.5 Å². The molecule has 1 aliphatic heterocycles. The quantitative estimate of drug-likeness (QED) is 0.796. The van der Waals surface area contributed by atoms with Gasteiger partial charge >= 0.3 is 6.03 Å². The highest BCUT2D eigenvalue weighted by molar-refractivity contribution is 5.74. The van der Waals surface area contributed by atoms with Gasteiger partial charge in [-0.1, -0.05) is 36.4 Å². The number of hydrogen-bond donors (Lipinski definition) is 2. The van der Waals surface area contributed by atoms with Gasteiger partial charge in [-0.2, -0.15) is 5.26 Å². The third kappa shape index (κ3) is 4.74. The van der Waals surface area contributed by atoms with Gasteiger partial charge in [-0.25, -0.2) is 9.18 Å². The maximum absolute atomic E-state index is 13.6. The highest BCUT2D eigenvalue weighted by Gasteiger charge is 2.25. The van der Waals surface area contributed by atoms with Crippen molar-refractivity contribution in [2.45, 2.75) is 6.10 Å². The molecule has 2 N–H and O–H groups in total. The Labute approximate surface area is 157 Å². The summed E-state index contributed by atoms with van der Waals surface area (Å²) < 4.78 is 19.3. The van der Waals surface area contributed by atoms with E-state index in [1.54, 1.807) is 11.0 Å². The number of halogens is 1. The molecule has 1 aliphatic rings. The first-order valence-electron chi connectivity index (χ1n) is 8.81. The normalized spacial score (nSPS) is 16.4. The minimum Gasteiger partial charge on any atom is -0.382 e. The predicted octanol–water partition coefficient (Wildman–Crippen LogP) is 2.89. The van der Waals surface area contributed by atoms with Crippen molar-refractivity contribution in [2.75, 3.05) is 38.1 Å². The number of carbonyl (C=O) groups excluding carboxylic acids is 1. The van der Waals surface area contributed by atoms with Crippen molar-refractivity contribution in [2.24, 2.45) is 0 Å². The second-order valence-corrected chi connectivity index (χ2v) is 6.15. The number of carbonyl (C=O) groups is 1. The Morgan fingerprint density at radius 1 is 1.22 bits per heavy atom. The molecular weight excluding hydrogens is 347 g/mol. The molecule has 0 radical (unpaired) electrons. The summed E-state index contributed by atoms with van der Waals surface area (Å²) in [4.78, 5) is 14.1. The summed E-state index contributed by atoms with van der Waals surface area (Å²) in [6.07, 6.45) is -0.130. The highest BCUT2D eigenvalue weighted by Crippen LogP contribution is 2.22. The van der Waals surface area contributed by atoms with Crippen molar-refractivity contribution in [3.8, 4) is 6.07 Å². The van der Waals surface area contributed by atoms with E-state index in [9.17, 15) is 9.18 Å². The van der Waals surface area contributed by atoms with Gasteiger partial charge in [0.15, 0.2) is 0 Å². The van der Waals surface area contributed by atoms with Crippen LogP contribution in [-0.4, -0.2) is 43.7 Å². The number of urea groups is 1. The number of nitrogens with zero attached hydrogens (tertiary/aromatic N) is 2. The summed E-state index contributed by atoms with van der Waals surface area (Å²) in [5.74, 6) is -0.563. The van der Waals surface area contributed by atoms with E-state index in [1.165, 1.54) is 12.1 Å². The van der Waals surface area contributed by atoms with Gasteiger partial charge in [-0.05, 0) is 17.7 Å². The van der Waals surface area contributed by atoms with Crippen molar-refractivity contribution >= 4 is 11.7 Å². The van der Waals surface area contributed by atoms with Gasteiger partial charge in [0.2, 0.25) is 0 Å². The molecule has 1 fully saturated rings. The first-order chi connectivity index (χ1) is 13.2. The van der Waals surface area contributed by atoms with Gasteiger partial charge < -0.3 is 20.3 Å². The lowest BCUT2D eigenvalue weighted by Gasteiger charge is -2.33. The van der Waals surface area contributed by atoms with Crippen LogP contribution in [0.4, 0.5) is 14.9 Å². The van der Waals surface area contributed by atoms with Crippen molar-refractivity contribution < 1.29 is 13.9 Å². The average molecular weight is 368 g/mol. The fraction of sp³-hybridized carbons (Fsp3) is 0.300. The third-order valence-electron chi connectivity index (χ3n) is 4.37. The lowest BCUT2D eigenvalue weighted by Crippen LogP contribution is -2.48. The van der Waals surface area contributed by atoms with Crippen LogP contribution in [-0.2, 0) is 4.74 Å². The minimum absolute atomic E-state index is 0.0253. The number of nitrogens with one attached hydrogen (secondary N) is 2. The smallest absolute Gasteiger partial charge is 0.317 e. The van der Waals surface area contributed by atoms with Crippen LogP contribution in [0.15, 0.2) is 48.5 Å². The highest BCUT2D eigenvalue weighted by atomic mass is 19.1. The fourth-order valence-electron chi connectivity index (χ4n) is 2.97. The van der Waals surface area contributed by atoms with Crippen LogP contribution in [0.25, 0.3) is 0 Å². The van der Waals surface area contributed by atoms with Gasteiger partial charge in [-0.15, -0.1) is 0 Å². The molecule has 6 nitrogen and oxygen atoms in total. The monoisotopic (exact) mass is 368 g/mol. The molecular formula is C20H21FN4O2. The van der Waals surface area contributed by atoms with Crippen molar-refractivity contribution in [1.82, 2.24) is 10.2 Å². The van der Waals surface area contributed by atoms with Crippen LogP contribution in [0.2, 0.25) is 0 Å². The molecule has 3 rings (SSSR count). The molecule has 1 atom stereocenters. The molecule has 2 aromatic rings. The maximum atomic E-state index is 13.6. The fourth-order valence-corrected chi connectivity index (χ4v) is 2.97. The summed E-state index contributed by atoms with van der Waals surface area (Å²) in [5, 5.41) is 14.8. The number of amides is 2. The van der Waals surface area contributed by atoms with Crippen LogP contribution in [0.3, 0.4) is 0 Å². The molecule has 1 unspecified atom stereocenters. The summed E-state index contributed by atoms with van der Waals surface area (Å²) in [6.45, 7) is 2.25. The number of benzene rings is 2. The van der Waals surface area contributed by atoms with Crippen molar-refractivity contribution in [3.05, 3.63) is 65.5 Å². The predicted molar refractivity (Wildman–Crippen MR) is 99.7 cm³/mol. The number of anilines is 1. The summed E-state index contributed by atoms with van der Waals surface area (Å²) in [5.41, 5.74) is 1.44. The molecule has 7 heteroatoms. The van der Waals surface area contributed by atoms with Crippen LogP contribution in [0.1, 0.15) is 17.2 Å². The maximum Gasteiger partial charge on any atom is 0.317 e. The molecule has 140 valence electrons. The SMILES string of the molecule is N#Cc1c(F)cccc1NCCNC(=O)N1CCOC(c2ccccc2)C1. The zero-order chi connectivity index (χ0) is 19.1. The Bertz CT molecular complexity index is 822. The first kappa shape index (κ1) is 18.7. The van der Waals surface area contributed by atoms with E-state index in [2.05, 4.69) is 10.6 Å². The summed E-state index contributed by atoms with van der Waals surface area (Å²) in [7, 11) is 0. The lowest BCUT2D eigenvalue weighted by molar-refractivity contribution is -0.0153. The third-order valence-corrected chi connectivity index (χ3v) is 4.37. The number of hydrogen-bond acceptors (Lipinski definition) is 4. The molecule has 0 bridgehead atoms. The minimum atomic E-state index is -0.563. The second kappa shape index (κ2) is 9.01. The van der Waals surface area contributed by atoms with E-state index < -0.39 is 5.82 Å². The van der Waals surface area contributed by atoms with E-state index in [1.807, 2.05) is 36.4 Å². The summed E-state index contributed by atoms with van der Waals surface area (Å²) >= 11 is 0. The first-order valence-corrected chi connectivity index (χ1v) is 8.81. The van der Waals surface area contributed by atoms with Crippen LogP contribution in [0, 0.1) is 17.1 Å². The Kier molecular flexibility index (Phi) is 6.23. The van der Waals surface area contributed by atoms with Gasteiger partial charge in [-0.3, -0.25) is 0 Å². The molecule has 0 aromatic heterocycles. The molecule has 1 saturated heterocycles. The van der Waals surface area contributed by atoms with Gasteiger partial charge in [0.1, 0.15) is 23.6 Å². The topological polar surface area (TPSA) is 77.4 Å². The summed E-state index contributed by atoms with van der Waals surface area (Å²) in [6, 6.07) is 15.9. The molecule has 1 heterocycles. The standard InChI is InChI=1S/C20H21FN4O2/c21-17-7-4-8-18(16(17)13-22)23-9-10-24-20(26)25-11-12-27-19(14-25)15-5-2-1-3-6-15/h1-8,19,23H,9-12,14H2,(H,24,26). The van der Waals surface area contributed by atoms with Crippen molar-refractivity contribution in [1.29, 1.82) is 5.26 Å². The second-order valence-electron chi connectivity index (χ2n) is 6.15. The van der Waals surface area contributed by atoms with Gasteiger partial charge in [0.25, 0.3) is 0 Å². The van der Waals surface area contributed by atoms with Crippen LogP contribution >= 0.6 is 0 Å². The molecule has 2 aromatic carbocycles. The Balaban J connectivity index is 1.47. The number of nitriles is 1. The Morgan fingerprint density at radius 3 is 2.81 bits per heavy atom. The number of rotatable bonds is 5. The Hall–Kier alpha value is -3.11. The van der Waals surface area contributed by atoms with Crippen LogP contribution in [0.5, 0.6) is 0 Å². The van der Waals surface area contributed by atoms with Crippen molar-refractivity contribution in [3.63, 3.8) is 0 Å². The zero-order valence-corrected chi connectivity index (χ0v) is 14.8. The van der Waals surface area contributed by atoms with Crippen LogP contribution < -0.4 is 10.6 Å². The zero-order valence-electron chi connectivity index (χ0n) is 14.8. The number of morpholine rings is 1. The van der Waals surface area contributed by atoms with Gasteiger partial charge in [0, 0.05) is 19.6 Å². The van der Waals surface area contributed by atoms with E-state index in [0.717, 1.165) is 5.56 Å². The lowest BCUT2D eigenvalue weighted by atomic mass is 10.1. The van der Waals surface area contributed by atoms with Gasteiger partial charge in [0.05, 0.1) is 18.8 Å². The Morgan fingerprint density at radius 2 is 2.04 bits per heavy atom. The molecule has 0 aliphatic carbocycles. The molecule has 0 spiro atoms. The average Bonchev–Trinajstić information content (AvgIpc) is 2.72. The molecule has 2 amide bonds. The van der Waals surface area contributed by atoms with E-state index in [4.69, 9.17) is 10.00 Å². The largest absolute Gasteiger partial charge is 0.382 e. The van der Waals surface area contributed by atoms with E-state index in [-0.39, 0.29) is 17.7 Å². The molecule has 0 saturated carbocycles. The number of ether oxygens (including phenoxy) is 1. The van der Waals surface area contributed by atoms with E-state index >= 15 is 0 Å².